The van der Waals surface area contributed by atoms with Crippen molar-refractivity contribution in [1.29, 1.82) is 0 Å². The SMILES string of the molecule is C[C@@H](OC(=O)c1cc(F)c(F)cc1Cl)C(=O)NC(N)=O. The zero-order valence-electron chi connectivity index (χ0n) is 10.1. The third-order valence-corrected chi connectivity index (χ3v) is 2.44. The van der Waals surface area contributed by atoms with Crippen molar-refractivity contribution in [2.45, 2.75) is 13.0 Å². The van der Waals surface area contributed by atoms with Crippen molar-refractivity contribution in [3.63, 3.8) is 0 Å². The van der Waals surface area contributed by atoms with Gasteiger partial charge in [-0.1, -0.05) is 11.6 Å². The Morgan fingerprint density at radius 3 is 2.40 bits per heavy atom. The fraction of sp³-hybridized carbons (Fsp3) is 0.182. The van der Waals surface area contributed by atoms with Crippen molar-refractivity contribution in [3.05, 3.63) is 34.4 Å². The Hall–Kier alpha value is -2.22. The van der Waals surface area contributed by atoms with Crippen LogP contribution in [-0.4, -0.2) is 24.0 Å². The number of carbonyl (C=O) groups excluding carboxylic acids is 3. The molecule has 0 radical (unpaired) electrons. The third-order valence-electron chi connectivity index (χ3n) is 2.13. The van der Waals surface area contributed by atoms with Crippen LogP contribution in [0.2, 0.25) is 5.02 Å². The van der Waals surface area contributed by atoms with E-state index in [1.165, 1.54) is 0 Å². The number of nitrogens with two attached hydrogens (primary N) is 1. The summed E-state index contributed by atoms with van der Waals surface area (Å²) in [6.07, 6.45) is -1.38. The first-order chi connectivity index (χ1) is 9.22. The van der Waals surface area contributed by atoms with E-state index in [1.54, 1.807) is 5.32 Å². The van der Waals surface area contributed by atoms with Gasteiger partial charge in [-0.05, 0) is 19.1 Å². The van der Waals surface area contributed by atoms with Crippen LogP contribution in [0.15, 0.2) is 12.1 Å². The molecule has 0 aliphatic carbocycles. The molecule has 6 nitrogen and oxygen atoms in total. The van der Waals surface area contributed by atoms with Crippen molar-refractivity contribution >= 4 is 29.5 Å². The van der Waals surface area contributed by atoms with Crippen molar-refractivity contribution in [2.75, 3.05) is 0 Å². The molecular weight excluding hydrogens is 298 g/mol. The van der Waals surface area contributed by atoms with Gasteiger partial charge in [0.2, 0.25) is 0 Å². The first kappa shape index (κ1) is 15.8. The van der Waals surface area contributed by atoms with Gasteiger partial charge in [-0.15, -0.1) is 0 Å². The number of carbonyl (C=O) groups is 3. The number of urea groups is 1. The van der Waals surface area contributed by atoms with Crippen LogP contribution in [0.3, 0.4) is 0 Å². The lowest BCUT2D eigenvalue weighted by atomic mass is 10.2. The van der Waals surface area contributed by atoms with E-state index in [1.807, 2.05) is 0 Å². The summed E-state index contributed by atoms with van der Waals surface area (Å²) in [6.45, 7) is 1.16. The number of nitrogens with one attached hydrogen (secondary N) is 1. The lowest BCUT2D eigenvalue weighted by Gasteiger charge is -2.12. The Balaban J connectivity index is 2.84. The zero-order valence-corrected chi connectivity index (χ0v) is 10.8. The lowest BCUT2D eigenvalue weighted by molar-refractivity contribution is -0.127. The van der Waals surface area contributed by atoms with E-state index in [0.29, 0.717) is 12.1 Å². The molecule has 0 aromatic heterocycles. The fourth-order valence-corrected chi connectivity index (χ4v) is 1.41. The highest BCUT2D eigenvalue weighted by Gasteiger charge is 2.22. The van der Waals surface area contributed by atoms with Crippen LogP contribution in [-0.2, 0) is 9.53 Å². The summed E-state index contributed by atoms with van der Waals surface area (Å²) in [4.78, 5) is 33.4. The molecule has 108 valence electrons. The van der Waals surface area contributed by atoms with E-state index in [2.05, 4.69) is 4.74 Å². The summed E-state index contributed by atoms with van der Waals surface area (Å²) in [6, 6.07) is 0.0177. The second-order valence-corrected chi connectivity index (χ2v) is 4.05. The maximum atomic E-state index is 13.0. The Kier molecular flexibility index (Phi) is 4.98. The fourth-order valence-electron chi connectivity index (χ4n) is 1.18. The highest BCUT2D eigenvalue weighted by molar-refractivity contribution is 6.33. The number of amides is 3. The Bertz CT molecular complexity index is 580. The Morgan fingerprint density at radius 1 is 1.30 bits per heavy atom. The molecule has 1 rings (SSSR count). The minimum absolute atomic E-state index is 0.378. The molecule has 0 spiro atoms. The number of halogens is 3. The molecule has 0 fully saturated rings. The van der Waals surface area contributed by atoms with E-state index in [9.17, 15) is 23.2 Å². The van der Waals surface area contributed by atoms with Gasteiger partial charge in [0.05, 0.1) is 10.6 Å². The van der Waals surface area contributed by atoms with Crippen LogP contribution in [0.4, 0.5) is 13.6 Å². The minimum Gasteiger partial charge on any atom is -0.449 e. The molecule has 3 amide bonds. The predicted octanol–water partition coefficient (Wildman–Crippen LogP) is 1.36. The van der Waals surface area contributed by atoms with Crippen LogP contribution in [0.1, 0.15) is 17.3 Å². The summed E-state index contributed by atoms with van der Waals surface area (Å²) in [5.74, 6) is -4.65. The number of rotatable bonds is 3. The molecule has 1 aromatic carbocycles. The van der Waals surface area contributed by atoms with Crippen molar-refractivity contribution in [3.8, 4) is 0 Å². The van der Waals surface area contributed by atoms with Crippen molar-refractivity contribution in [1.82, 2.24) is 5.32 Å². The molecule has 0 bridgehead atoms. The highest BCUT2D eigenvalue weighted by atomic mass is 35.5. The Labute approximate surface area is 116 Å². The molecule has 3 N–H and O–H groups in total. The summed E-state index contributed by atoms with van der Waals surface area (Å²) >= 11 is 5.56. The number of primary amides is 1. The number of benzene rings is 1. The van der Waals surface area contributed by atoms with Crippen LogP contribution in [0.25, 0.3) is 0 Å². The molecule has 0 saturated heterocycles. The van der Waals surface area contributed by atoms with Crippen LogP contribution in [0, 0.1) is 11.6 Å². The quantitative estimate of drug-likeness (QED) is 0.650. The van der Waals surface area contributed by atoms with E-state index >= 15 is 0 Å². The maximum absolute atomic E-state index is 13.0. The van der Waals surface area contributed by atoms with Gasteiger partial charge in [0.1, 0.15) is 0 Å². The molecule has 0 aliphatic rings. The molecule has 0 aliphatic heterocycles. The zero-order chi connectivity index (χ0) is 15.4. The summed E-state index contributed by atoms with van der Waals surface area (Å²) in [5, 5.41) is 1.31. The smallest absolute Gasteiger partial charge is 0.340 e. The molecule has 9 heteroatoms. The normalized spacial score (nSPS) is 11.6. The number of ether oxygens (including phenoxy) is 1. The molecule has 20 heavy (non-hydrogen) atoms. The lowest BCUT2D eigenvalue weighted by Crippen LogP contribution is -2.42. The van der Waals surface area contributed by atoms with Gasteiger partial charge in [-0.25, -0.2) is 18.4 Å². The number of hydrogen-bond acceptors (Lipinski definition) is 4. The van der Waals surface area contributed by atoms with E-state index in [0.717, 1.165) is 6.92 Å². The topological polar surface area (TPSA) is 98.5 Å². The average Bonchev–Trinajstić information content (AvgIpc) is 2.32. The summed E-state index contributed by atoms with van der Waals surface area (Å²) < 4.78 is 30.5. The standard InChI is InChI=1S/C11H9ClF2N2O4/c1-4(9(17)16-11(15)19)20-10(18)5-2-7(13)8(14)3-6(5)12/h2-4H,1H3,(H3,15,16,17,19)/t4-/m1/s1. The summed E-state index contributed by atoms with van der Waals surface area (Å²) in [7, 11) is 0. The van der Waals surface area contributed by atoms with E-state index < -0.39 is 41.2 Å². The monoisotopic (exact) mass is 306 g/mol. The molecule has 0 unspecified atom stereocenters. The van der Waals surface area contributed by atoms with E-state index in [4.69, 9.17) is 17.3 Å². The van der Waals surface area contributed by atoms with Gasteiger partial charge in [-0.3, -0.25) is 10.1 Å². The van der Waals surface area contributed by atoms with Gasteiger partial charge in [0.15, 0.2) is 17.7 Å². The first-order valence-electron chi connectivity index (χ1n) is 5.18. The molecule has 0 saturated carbocycles. The molecule has 1 aromatic rings. The van der Waals surface area contributed by atoms with E-state index in [-0.39, 0.29) is 5.02 Å². The average molecular weight is 307 g/mol. The van der Waals surface area contributed by atoms with Gasteiger partial charge >= 0.3 is 12.0 Å². The van der Waals surface area contributed by atoms with Crippen molar-refractivity contribution < 1.29 is 27.9 Å². The van der Waals surface area contributed by atoms with Gasteiger partial charge < -0.3 is 10.5 Å². The molecule has 0 heterocycles. The second kappa shape index (κ2) is 6.29. The third kappa shape index (κ3) is 3.89. The minimum atomic E-state index is -1.38. The number of hydrogen-bond donors (Lipinski definition) is 2. The summed E-state index contributed by atoms with van der Waals surface area (Å²) in [5.41, 5.74) is 4.26. The first-order valence-corrected chi connectivity index (χ1v) is 5.56. The van der Waals surface area contributed by atoms with Crippen LogP contribution < -0.4 is 11.1 Å². The van der Waals surface area contributed by atoms with Gasteiger partial charge in [0, 0.05) is 0 Å². The van der Waals surface area contributed by atoms with Gasteiger partial charge in [0.25, 0.3) is 5.91 Å². The van der Waals surface area contributed by atoms with Crippen LogP contribution in [0.5, 0.6) is 0 Å². The Morgan fingerprint density at radius 2 is 1.85 bits per heavy atom. The number of imide groups is 1. The molecule has 1 atom stereocenters. The van der Waals surface area contributed by atoms with Crippen LogP contribution >= 0.6 is 11.6 Å². The number of esters is 1. The maximum Gasteiger partial charge on any atom is 0.340 e. The highest BCUT2D eigenvalue weighted by Crippen LogP contribution is 2.21. The van der Waals surface area contributed by atoms with Crippen molar-refractivity contribution in [2.24, 2.45) is 5.73 Å². The second-order valence-electron chi connectivity index (χ2n) is 3.65. The predicted molar refractivity (Wildman–Crippen MR) is 64.0 cm³/mol. The van der Waals surface area contributed by atoms with Gasteiger partial charge in [-0.2, -0.15) is 0 Å². The molecular formula is C11H9ClF2N2O4. The largest absolute Gasteiger partial charge is 0.449 e.